The van der Waals surface area contributed by atoms with Crippen molar-refractivity contribution >= 4 is 5.91 Å². The number of H-pyrrole nitrogens is 1. The third-order valence-corrected chi connectivity index (χ3v) is 5.25. The lowest BCUT2D eigenvalue weighted by Crippen LogP contribution is -2.45. The number of morpholine rings is 1. The van der Waals surface area contributed by atoms with E-state index in [0.29, 0.717) is 31.1 Å². The summed E-state index contributed by atoms with van der Waals surface area (Å²) < 4.78 is 5.52. The molecule has 1 aromatic rings. The fraction of sp³-hybridized carbons (Fsp3) is 0.786. The van der Waals surface area contributed by atoms with Crippen molar-refractivity contribution in [2.45, 2.75) is 38.1 Å². The lowest BCUT2D eigenvalue weighted by atomic mass is 10.0. The molecule has 108 valence electrons. The van der Waals surface area contributed by atoms with Crippen LogP contribution in [0.3, 0.4) is 0 Å². The fourth-order valence-electron chi connectivity index (χ4n) is 4.00. The maximum atomic E-state index is 12.8. The Morgan fingerprint density at radius 1 is 1.45 bits per heavy atom. The highest BCUT2D eigenvalue weighted by Crippen LogP contribution is 2.63. The summed E-state index contributed by atoms with van der Waals surface area (Å²) >= 11 is 0. The van der Waals surface area contributed by atoms with E-state index < -0.39 is 0 Å². The number of hydrogen-bond acceptors (Lipinski definition) is 4. The molecule has 20 heavy (non-hydrogen) atoms. The minimum Gasteiger partial charge on any atom is -0.377 e. The summed E-state index contributed by atoms with van der Waals surface area (Å²) in [6, 6.07) is -0.0993. The molecule has 0 aromatic carbocycles. The Balaban J connectivity index is 1.52. The Morgan fingerprint density at radius 3 is 3.05 bits per heavy atom. The Bertz CT molecular complexity index is 495. The van der Waals surface area contributed by atoms with Crippen LogP contribution in [0.4, 0.5) is 0 Å². The average Bonchev–Trinajstić information content (AvgIpc) is 2.89. The number of rotatable bonds is 2. The summed E-state index contributed by atoms with van der Waals surface area (Å²) in [4.78, 5) is 19.0. The van der Waals surface area contributed by atoms with Gasteiger partial charge in [-0.3, -0.25) is 9.89 Å². The van der Waals surface area contributed by atoms with Gasteiger partial charge in [0.15, 0.2) is 0 Å². The van der Waals surface area contributed by atoms with Gasteiger partial charge >= 0.3 is 0 Å². The van der Waals surface area contributed by atoms with Crippen LogP contribution in [0.15, 0.2) is 6.33 Å². The smallest absolute Gasteiger partial charge is 0.227 e. The maximum Gasteiger partial charge on any atom is 0.227 e. The monoisotopic (exact) mass is 276 g/mol. The van der Waals surface area contributed by atoms with E-state index in [4.69, 9.17) is 4.74 Å². The zero-order valence-electron chi connectivity index (χ0n) is 11.5. The summed E-state index contributed by atoms with van der Waals surface area (Å²) in [5.74, 6) is 1.28. The summed E-state index contributed by atoms with van der Waals surface area (Å²) in [5, 5.41) is 6.77. The first kappa shape index (κ1) is 12.3. The number of carbonyl (C=O) groups is 1. The average molecular weight is 276 g/mol. The van der Waals surface area contributed by atoms with Gasteiger partial charge in [0, 0.05) is 12.5 Å². The second kappa shape index (κ2) is 4.55. The Morgan fingerprint density at radius 2 is 2.30 bits per heavy atom. The van der Waals surface area contributed by atoms with Crippen LogP contribution in [0.1, 0.15) is 44.0 Å². The maximum absolute atomic E-state index is 12.8. The molecule has 2 aliphatic carbocycles. The molecule has 2 unspecified atom stereocenters. The highest BCUT2D eigenvalue weighted by molar-refractivity contribution is 5.83. The van der Waals surface area contributed by atoms with Crippen molar-refractivity contribution in [3.05, 3.63) is 12.2 Å². The van der Waals surface area contributed by atoms with E-state index in [0.717, 1.165) is 12.2 Å². The first-order chi connectivity index (χ1) is 9.80. The van der Waals surface area contributed by atoms with Crippen molar-refractivity contribution in [2.75, 3.05) is 19.8 Å². The number of hydrogen-bond donors (Lipinski definition) is 1. The number of carbonyl (C=O) groups excluding carboxylic acids is 1. The predicted molar refractivity (Wildman–Crippen MR) is 70.7 cm³/mol. The highest BCUT2D eigenvalue weighted by atomic mass is 16.5. The van der Waals surface area contributed by atoms with Gasteiger partial charge in [-0.2, -0.15) is 5.10 Å². The van der Waals surface area contributed by atoms with Crippen LogP contribution in [0, 0.1) is 11.3 Å². The first-order valence-electron chi connectivity index (χ1n) is 7.54. The van der Waals surface area contributed by atoms with Crippen LogP contribution >= 0.6 is 0 Å². The van der Waals surface area contributed by atoms with Crippen molar-refractivity contribution in [2.24, 2.45) is 11.3 Å². The third kappa shape index (κ3) is 1.85. The van der Waals surface area contributed by atoms with Gasteiger partial charge in [0.1, 0.15) is 18.2 Å². The van der Waals surface area contributed by atoms with E-state index in [1.165, 1.54) is 32.0 Å². The molecule has 2 atom stereocenters. The molecule has 1 saturated heterocycles. The summed E-state index contributed by atoms with van der Waals surface area (Å²) in [6.07, 6.45) is 7.63. The molecule has 0 bridgehead atoms. The van der Waals surface area contributed by atoms with Gasteiger partial charge < -0.3 is 9.64 Å². The zero-order chi connectivity index (χ0) is 13.6. The standard InChI is InChI=1S/C14H20N4O2/c19-13(10-7-14(10)3-1-2-4-14)18-5-6-20-8-11(18)12-15-9-16-17-12/h9-11H,1-8H2,(H,15,16,17). The first-order valence-corrected chi connectivity index (χ1v) is 7.54. The highest BCUT2D eigenvalue weighted by Gasteiger charge is 2.60. The number of aromatic nitrogens is 3. The van der Waals surface area contributed by atoms with Crippen LogP contribution in [0.5, 0.6) is 0 Å². The van der Waals surface area contributed by atoms with Gasteiger partial charge in [0.25, 0.3) is 0 Å². The quantitative estimate of drug-likeness (QED) is 0.883. The molecule has 1 N–H and O–H groups in total. The molecular formula is C14H20N4O2. The van der Waals surface area contributed by atoms with Gasteiger partial charge in [0.05, 0.1) is 13.2 Å². The van der Waals surface area contributed by atoms with E-state index in [9.17, 15) is 4.79 Å². The van der Waals surface area contributed by atoms with Crippen LogP contribution < -0.4 is 0 Å². The van der Waals surface area contributed by atoms with E-state index in [2.05, 4.69) is 15.2 Å². The Labute approximate surface area is 117 Å². The number of amides is 1. The third-order valence-electron chi connectivity index (χ3n) is 5.25. The summed E-state index contributed by atoms with van der Waals surface area (Å²) in [7, 11) is 0. The number of ether oxygens (including phenoxy) is 1. The number of nitrogens with one attached hydrogen (secondary N) is 1. The van der Waals surface area contributed by atoms with Crippen LogP contribution in [0.25, 0.3) is 0 Å². The molecule has 4 rings (SSSR count). The van der Waals surface area contributed by atoms with Crippen molar-refractivity contribution < 1.29 is 9.53 Å². The van der Waals surface area contributed by atoms with Crippen molar-refractivity contribution in [3.8, 4) is 0 Å². The molecule has 1 aromatic heterocycles. The molecular weight excluding hydrogens is 256 g/mol. The summed E-state index contributed by atoms with van der Waals surface area (Å²) in [5.41, 5.74) is 0.349. The summed E-state index contributed by atoms with van der Waals surface area (Å²) in [6.45, 7) is 1.80. The van der Waals surface area contributed by atoms with E-state index >= 15 is 0 Å². The SMILES string of the molecule is O=C(C1CC12CCCC2)N1CCOCC1c1ncn[nH]1. The van der Waals surface area contributed by atoms with E-state index in [1.54, 1.807) is 0 Å². The van der Waals surface area contributed by atoms with Crippen molar-refractivity contribution in [1.82, 2.24) is 20.1 Å². The molecule has 1 aliphatic heterocycles. The normalized spacial score (nSPS) is 31.7. The second-order valence-corrected chi connectivity index (χ2v) is 6.32. The van der Waals surface area contributed by atoms with Crippen molar-refractivity contribution in [3.63, 3.8) is 0 Å². The second-order valence-electron chi connectivity index (χ2n) is 6.32. The fourth-order valence-corrected chi connectivity index (χ4v) is 4.00. The van der Waals surface area contributed by atoms with Gasteiger partial charge in [-0.1, -0.05) is 12.8 Å². The zero-order valence-corrected chi connectivity index (χ0v) is 11.5. The largest absolute Gasteiger partial charge is 0.377 e. The molecule has 6 heteroatoms. The molecule has 1 amide bonds. The molecule has 2 heterocycles. The minimum absolute atomic E-state index is 0.0993. The Kier molecular flexibility index (Phi) is 2.80. The molecule has 0 radical (unpaired) electrons. The van der Waals surface area contributed by atoms with Gasteiger partial charge in [-0.15, -0.1) is 0 Å². The number of aromatic amines is 1. The molecule has 6 nitrogen and oxygen atoms in total. The topological polar surface area (TPSA) is 71.1 Å². The lowest BCUT2D eigenvalue weighted by molar-refractivity contribution is -0.142. The minimum atomic E-state index is -0.0993. The van der Waals surface area contributed by atoms with Crippen LogP contribution in [0.2, 0.25) is 0 Å². The number of nitrogens with zero attached hydrogens (tertiary/aromatic N) is 3. The van der Waals surface area contributed by atoms with Crippen LogP contribution in [-0.4, -0.2) is 45.7 Å². The van der Waals surface area contributed by atoms with Crippen LogP contribution in [-0.2, 0) is 9.53 Å². The van der Waals surface area contributed by atoms with Gasteiger partial charge in [-0.25, -0.2) is 4.98 Å². The van der Waals surface area contributed by atoms with Crippen molar-refractivity contribution in [1.29, 1.82) is 0 Å². The van der Waals surface area contributed by atoms with Gasteiger partial charge in [-0.05, 0) is 24.7 Å². The lowest BCUT2D eigenvalue weighted by Gasteiger charge is -2.34. The predicted octanol–water partition coefficient (Wildman–Crippen LogP) is 1.28. The molecule has 3 fully saturated rings. The van der Waals surface area contributed by atoms with E-state index in [1.807, 2.05) is 4.90 Å². The molecule has 1 spiro atoms. The van der Waals surface area contributed by atoms with E-state index in [-0.39, 0.29) is 12.0 Å². The molecule has 3 aliphatic rings. The molecule has 2 saturated carbocycles. The van der Waals surface area contributed by atoms with Gasteiger partial charge in [0.2, 0.25) is 5.91 Å². The Hall–Kier alpha value is -1.43.